The molecular formula is C18H30O4. The second-order valence-electron chi connectivity index (χ2n) is 7.25. The smallest absolute Gasteiger partial charge is 0.332 e. The van der Waals surface area contributed by atoms with Crippen molar-refractivity contribution in [1.82, 2.24) is 0 Å². The monoisotopic (exact) mass is 310 g/mol. The van der Waals surface area contributed by atoms with Gasteiger partial charge in [-0.3, -0.25) is 0 Å². The number of aliphatic carboxylic acids is 2. The van der Waals surface area contributed by atoms with Gasteiger partial charge in [-0.2, -0.15) is 0 Å². The van der Waals surface area contributed by atoms with Gasteiger partial charge in [-0.15, -0.1) is 0 Å². The molecule has 2 N–H and O–H groups in total. The van der Waals surface area contributed by atoms with Gasteiger partial charge in [0.25, 0.3) is 0 Å². The first-order chi connectivity index (χ1) is 10.2. The number of rotatable bonds is 8. The fourth-order valence-corrected chi connectivity index (χ4v) is 3.74. The first kappa shape index (κ1) is 18.7. The molecule has 0 heterocycles. The molecule has 0 amide bonds. The van der Waals surface area contributed by atoms with E-state index in [4.69, 9.17) is 0 Å². The van der Waals surface area contributed by atoms with Crippen LogP contribution in [0.25, 0.3) is 0 Å². The Morgan fingerprint density at radius 1 is 0.864 bits per heavy atom. The van der Waals surface area contributed by atoms with Crippen LogP contribution in [0, 0.1) is 10.8 Å². The minimum Gasteiger partial charge on any atom is -0.478 e. The van der Waals surface area contributed by atoms with Crippen LogP contribution in [-0.4, -0.2) is 22.2 Å². The SMILES string of the molecule is CCCCC1(C)CC(C(=O)O)=C(C(=O)O)CC1(C)CCCC. The van der Waals surface area contributed by atoms with E-state index in [1.54, 1.807) is 0 Å². The molecule has 0 saturated carbocycles. The summed E-state index contributed by atoms with van der Waals surface area (Å²) in [6.45, 7) is 8.57. The zero-order valence-corrected chi connectivity index (χ0v) is 14.4. The molecule has 1 aliphatic carbocycles. The fraction of sp³-hybridized carbons (Fsp3) is 0.778. The van der Waals surface area contributed by atoms with Gasteiger partial charge in [0, 0.05) is 11.1 Å². The van der Waals surface area contributed by atoms with Crippen molar-refractivity contribution >= 4 is 11.9 Å². The average Bonchev–Trinajstić information content (AvgIpc) is 2.45. The molecule has 0 aromatic carbocycles. The summed E-state index contributed by atoms with van der Waals surface area (Å²) in [5.74, 6) is -2.14. The van der Waals surface area contributed by atoms with Crippen LogP contribution in [0.5, 0.6) is 0 Å². The zero-order chi connectivity index (χ0) is 17.0. The number of carbonyl (C=O) groups is 2. The molecule has 0 spiro atoms. The normalized spacial score (nSPS) is 28.7. The highest BCUT2D eigenvalue weighted by Gasteiger charge is 2.49. The van der Waals surface area contributed by atoms with Crippen molar-refractivity contribution in [2.24, 2.45) is 10.8 Å². The lowest BCUT2D eigenvalue weighted by atomic mass is 9.53. The van der Waals surface area contributed by atoms with Crippen LogP contribution in [0.1, 0.15) is 79.1 Å². The summed E-state index contributed by atoms with van der Waals surface area (Å²) in [7, 11) is 0. The van der Waals surface area contributed by atoms with E-state index in [2.05, 4.69) is 27.7 Å². The van der Waals surface area contributed by atoms with Crippen LogP contribution in [0.4, 0.5) is 0 Å². The molecule has 0 bridgehead atoms. The number of unbranched alkanes of at least 4 members (excludes halogenated alkanes) is 2. The van der Waals surface area contributed by atoms with Crippen molar-refractivity contribution in [2.45, 2.75) is 79.1 Å². The van der Waals surface area contributed by atoms with Crippen LogP contribution in [-0.2, 0) is 9.59 Å². The lowest BCUT2D eigenvalue weighted by Gasteiger charge is -2.51. The minimum absolute atomic E-state index is 0.111. The molecule has 0 radical (unpaired) electrons. The van der Waals surface area contributed by atoms with Gasteiger partial charge in [0.15, 0.2) is 0 Å². The molecule has 126 valence electrons. The van der Waals surface area contributed by atoms with Crippen LogP contribution < -0.4 is 0 Å². The van der Waals surface area contributed by atoms with E-state index in [1.807, 2.05) is 0 Å². The molecule has 4 nitrogen and oxygen atoms in total. The molecule has 2 unspecified atom stereocenters. The summed E-state index contributed by atoms with van der Waals surface area (Å²) in [6, 6.07) is 0. The summed E-state index contributed by atoms with van der Waals surface area (Å²) in [5, 5.41) is 18.9. The number of carboxylic acid groups (broad SMARTS) is 2. The van der Waals surface area contributed by atoms with E-state index in [0.717, 1.165) is 38.5 Å². The molecule has 2 atom stereocenters. The van der Waals surface area contributed by atoms with Gasteiger partial charge >= 0.3 is 11.9 Å². The molecule has 1 aliphatic rings. The van der Waals surface area contributed by atoms with Crippen LogP contribution >= 0.6 is 0 Å². The van der Waals surface area contributed by atoms with Gasteiger partial charge in [-0.05, 0) is 36.5 Å². The Balaban J connectivity index is 3.28. The lowest BCUT2D eigenvalue weighted by molar-refractivity contribution is -0.138. The van der Waals surface area contributed by atoms with Gasteiger partial charge in [0.2, 0.25) is 0 Å². The molecule has 0 aromatic rings. The summed E-state index contributed by atoms with van der Waals surface area (Å²) in [4.78, 5) is 23.1. The third-order valence-electron chi connectivity index (χ3n) is 5.64. The first-order valence-corrected chi connectivity index (χ1v) is 8.39. The van der Waals surface area contributed by atoms with Crippen LogP contribution in [0.2, 0.25) is 0 Å². The Kier molecular flexibility index (Phi) is 6.21. The third kappa shape index (κ3) is 3.71. The summed E-state index contributed by atoms with van der Waals surface area (Å²) in [6.07, 6.45) is 6.87. The molecule has 4 heteroatoms. The Morgan fingerprint density at radius 3 is 1.41 bits per heavy atom. The highest BCUT2D eigenvalue weighted by molar-refractivity contribution is 5.99. The quantitative estimate of drug-likeness (QED) is 0.685. The molecule has 22 heavy (non-hydrogen) atoms. The fourth-order valence-electron chi connectivity index (χ4n) is 3.74. The van der Waals surface area contributed by atoms with Gasteiger partial charge in [-0.25, -0.2) is 9.59 Å². The predicted octanol–water partition coefficient (Wildman–Crippen LogP) is 4.64. The van der Waals surface area contributed by atoms with E-state index in [9.17, 15) is 19.8 Å². The van der Waals surface area contributed by atoms with Crippen LogP contribution in [0.3, 0.4) is 0 Å². The van der Waals surface area contributed by atoms with Gasteiger partial charge in [0.05, 0.1) is 0 Å². The summed E-state index contributed by atoms with van der Waals surface area (Å²) < 4.78 is 0. The highest BCUT2D eigenvalue weighted by atomic mass is 16.4. The molecule has 0 saturated heterocycles. The molecule has 0 aliphatic heterocycles. The van der Waals surface area contributed by atoms with E-state index in [1.165, 1.54) is 0 Å². The summed E-state index contributed by atoms with van der Waals surface area (Å²) >= 11 is 0. The Morgan fingerprint density at radius 2 is 1.18 bits per heavy atom. The Bertz CT molecular complexity index is 424. The molecular weight excluding hydrogens is 280 g/mol. The lowest BCUT2D eigenvalue weighted by Crippen LogP contribution is -2.43. The van der Waals surface area contributed by atoms with Crippen molar-refractivity contribution in [2.75, 3.05) is 0 Å². The van der Waals surface area contributed by atoms with E-state index < -0.39 is 11.9 Å². The third-order valence-corrected chi connectivity index (χ3v) is 5.64. The largest absolute Gasteiger partial charge is 0.478 e. The van der Waals surface area contributed by atoms with Crippen molar-refractivity contribution in [3.8, 4) is 0 Å². The average molecular weight is 310 g/mol. The van der Waals surface area contributed by atoms with Crippen molar-refractivity contribution in [3.63, 3.8) is 0 Å². The van der Waals surface area contributed by atoms with E-state index in [0.29, 0.717) is 12.8 Å². The highest BCUT2D eigenvalue weighted by Crippen LogP contribution is 2.57. The number of hydrogen-bond acceptors (Lipinski definition) is 2. The maximum atomic E-state index is 11.5. The number of hydrogen-bond donors (Lipinski definition) is 2. The van der Waals surface area contributed by atoms with E-state index in [-0.39, 0.29) is 22.0 Å². The second-order valence-corrected chi connectivity index (χ2v) is 7.25. The van der Waals surface area contributed by atoms with Crippen molar-refractivity contribution in [1.29, 1.82) is 0 Å². The van der Waals surface area contributed by atoms with Gasteiger partial charge in [0.1, 0.15) is 0 Å². The first-order valence-electron chi connectivity index (χ1n) is 8.39. The summed E-state index contributed by atoms with van der Waals surface area (Å²) in [5.41, 5.74) is -0.0736. The standard InChI is InChI=1S/C18H30O4/c1-5-7-9-17(3)11-13(15(19)20)14(16(21)22)12-18(17,4)10-8-6-2/h5-12H2,1-4H3,(H,19,20)(H,21,22). The minimum atomic E-state index is -1.07. The predicted molar refractivity (Wildman–Crippen MR) is 86.8 cm³/mol. The van der Waals surface area contributed by atoms with Crippen molar-refractivity contribution < 1.29 is 19.8 Å². The van der Waals surface area contributed by atoms with Gasteiger partial charge in [-0.1, -0.05) is 53.4 Å². The van der Waals surface area contributed by atoms with Crippen LogP contribution in [0.15, 0.2) is 11.1 Å². The van der Waals surface area contributed by atoms with Gasteiger partial charge < -0.3 is 10.2 Å². The maximum Gasteiger partial charge on any atom is 0.332 e. The molecule has 0 fully saturated rings. The zero-order valence-electron chi connectivity index (χ0n) is 14.4. The maximum absolute atomic E-state index is 11.5. The second kappa shape index (κ2) is 7.30. The van der Waals surface area contributed by atoms with E-state index >= 15 is 0 Å². The Hall–Kier alpha value is -1.32. The Labute approximate surface area is 133 Å². The van der Waals surface area contributed by atoms with Crippen molar-refractivity contribution in [3.05, 3.63) is 11.1 Å². The topological polar surface area (TPSA) is 74.6 Å². The number of carboxylic acids is 2. The molecule has 1 rings (SSSR count). The molecule has 0 aromatic heterocycles.